The van der Waals surface area contributed by atoms with Gasteiger partial charge in [0.15, 0.2) is 11.5 Å². The lowest BCUT2D eigenvalue weighted by Crippen LogP contribution is -2.33. The molecule has 0 fully saturated rings. The van der Waals surface area contributed by atoms with Crippen LogP contribution in [0.1, 0.15) is 34.0 Å². The summed E-state index contributed by atoms with van der Waals surface area (Å²) in [5.41, 5.74) is 4.05. The number of amides is 2. The van der Waals surface area contributed by atoms with Crippen molar-refractivity contribution in [1.29, 1.82) is 0 Å². The number of benzene rings is 2. The van der Waals surface area contributed by atoms with Crippen molar-refractivity contribution in [2.75, 3.05) is 18.5 Å². The third-order valence-electron chi connectivity index (χ3n) is 4.80. The summed E-state index contributed by atoms with van der Waals surface area (Å²) in [7, 11) is 0. The molecule has 166 valence electrons. The van der Waals surface area contributed by atoms with Gasteiger partial charge in [-0.3, -0.25) is 14.6 Å². The Bertz CT molecular complexity index is 1060. The van der Waals surface area contributed by atoms with Gasteiger partial charge in [-0.25, -0.2) is 0 Å². The quantitative estimate of drug-likeness (QED) is 0.532. The van der Waals surface area contributed by atoms with Gasteiger partial charge < -0.3 is 20.1 Å². The summed E-state index contributed by atoms with van der Waals surface area (Å²) in [6, 6.07) is 14.5. The summed E-state index contributed by atoms with van der Waals surface area (Å²) in [6.07, 6.45) is 3.40. The number of rotatable bonds is 9. The Labute approximate surface area is 187 Å². The van der Waals surface area contributed by atoms with Crippen molar-refractivity contribution in [2.24, 2.45) is 0 Å². The summed E-state index contributed by atoms with van der Waals surface area (Å²) in [5.74, 6) is 0.337. The normalized spacial score (nSPS) is 10.3. The Morgan fingerprint density at radius 2 is 1.66 bits per heavy atom. The van der Waals surface area contributed by atoms with Gasteiger partial charge in [0.05, 0.1) is 13.2 Å². The molecule has 1 aromatic heterocycles. The monoisotopic (exact) mass is 433 g/mol. The molecule has 0 unspecified atom stereocenters. The molecule has 0 aliphatic carbocycles. The molecule has 0 saturated heterocycles. The predicted molar refractivity (Wildman–Crippen MR) is 123 cm³/mol. The number of nitrogens with one attached hydrogen (secondary N) is 2. The number of nitrogens with zero attached hydrogens (tertiary/aromatic N) is 1. The molecular weight excluding hydrogens is 406 g/mol. The second-order valence-corrected chi connectivity index (χ2v) is 7.24. The molecule has 0 spiro atoms. The molecule has 0 saturated carbocycles. The van der Waals surface area contributed by atoms with E-state index in [0.29, 0.717) is 30.3 Å². The number of anilines is 1. The third-order valence-corrected chi connectivity index (χ3v) is 4.80. The molecule has 2 N–H and O–H groups in total. The van der Waals surface area contributed by atoms with Crippen molar-refractivity contribution in [2.45, 2.75) is 27.4 Å². The van der Waals surface area contributed by atoms with Gasteiger partial charge in [0.25, 0.3) is 5.91 Å². The summed E-state index contributed by atoms with van der Waals surface area (Å²) in [6.45, 7) is 6.35. The Morgan fingerprint density at radius 1 is 0.938 bits per heavy atom. The second-order valence-electron chi connectivity index (χ2n) is 7.24. The molecule has 3 rings (SSSR count). The Kier molecular flexibility index (Phi) is 7.80. The first-order valence-corrected chi connectivity index (χ1v) is 10.4. The highest BCUT2D eigenvalue weighted by Gasteiger charge is 2.14. The summed E-state index contributed by atoms with van der Waals surface area (Å²) < 4.78 is 11.5. The molecule has 7 heteroatoms. The van der Waals surface area contributed by atoms with Crippen LogP contribution in [0.3, 0.4) is 0 Å². The average Bonchev–Trinajstić information content (AvgIpc) is 2.80. The van der Waals surface area contributed by atoms with Crippen LogP contribution in [0.25, 0.3) is 0 Å². The van der Waals surface area contributed by atoms with Gasteiger partial charge in [-0.15, -0.1) is 0 Å². The van der Waals surface area contributed by atoms with Crippen LogP contribution in [0, 0.1) is 13.8 Å². The van der Waals surface area contributed by atoms with Gasteiger partial charge in [-0.05, 0) is 67.8 Å². The van der Waals surface area contributed by atoms with Crippen LogP contribution in [-0.2, 0) is 11.4 Å². The van der Waals surface area contributed by atoms with Gasteiger partial charge in [0.2, 0.25) is 5.91 Å². The summed E-state index contributed by atoms with van der Waals surface area (Å²) in [5, 5.41) is 5.51. The van der Waals surface area contributed by atoms with Gasteiger partial charge in [-0.1, -0.05) is 18.2 Å². The number of ether oxygens (including phenoxy) is 2. The van der Waals surface area contributed by atoms with Crippen molar-refractivity contribution in [3.8, 4) is 11.5 Å². The van der Waals surface area contributed by atoms with Crippen LogP contribution in [0.4, 0.5) is 5.69 Å². The van der Waals surface area contributed by atoms with E-state index in [4.69, 9.17) is 9.47 Å². The largest absolute Gasteiger partial charge is 0.490 e. The molecular formula is C25H27N3O4. The molecule has 7 nitrogen and oxygen atoms in total. The van der Waals surface area contributed by atoms with Crippen molar-refractivity contribution in [3.63, 3.8) is 0 Å². The number of aryl methyl sites for hydroxylation is 2. The van der Waals surface area contributed by atoms with Gasteiger partial charge >= 0.3 is 0 Å². The van der Waals surface area contributed by atoms with Crippen molar-refractivity contribution >= 4 is 17.5 Å². The fraction of sp³-hybridized carbons (Fsp3) is 0.240. The summed E-state index contributed by atoms with van der Waals surface area (Å²) >= 11 is 0. The van der Waals surface area contributed by atoms with E-state index in [1.807, 2.05) is 51.1 Å². The van der Waals surface area contributed by atoms with E-state index in [1.54, 1.807) is 30.6 Å². The van der Waals surface area contributed by atoms with Crippen LogP contribution >= 0.6 is 0 Å². The molecule has 2 amide bonds. The summed E-state index contributed by atoms with van der Waals surface area (Å²) in [4.78, 5) is 28.9. The number of aromatic nitrogens is 1. The molecule has 2 aromatic carbocycles. The van der Waals surface area contributed by atoms with E-state index >= 15 is 0 Å². The highest BCUT2D eigenvalue weighted by molar-refractivity contribution is 6.00. The lowest BCUT2D eigenvalue weighted by Gasteiger charge is -2.14. The topological polar surface area (TPSA) is 89.5 Å². The smallest absolute Gasteiger partial charge is 0.251 e. The number of pyridine rings is 1. The molecule has 0 radical (unpaired) electrons. The lowest BCUT2D eigenvalue weighted by molar-refractivity contribution is -0.115. The fourth-order valence-corrected chi connectivity index (χ4v) is 3.13. The third kappa shape index (κ3) is 6.07. The highest BCUT2D eigenvalue weighted by atomic mass is 16.5. The van der Waals surface area contributed by atoms with E-state index in [-0.39, 0.29) is 18.4 Å². The molecule has 0 aliphatic heterocycles. The van der Waals surface area contributed by atoms with E-state index in [9.17, 15) is 9.59 Å². The molecule has 3 aromatic rings. The molecule has 32 heavy (non-hydrogen) atoms. The lowest BCUT2D eigenvalue weighted by atomic mass is 10.1. The van der Waals surface area contributed by atoms with Gasteiger partial charge in [0, 0.05) is 23.6 Å². The molecule has 0 bridgehead atoms. The number of para-hydroxylation sites is 1. The molecule has 1 heterocycles. The zero-order valence-corrected chi connectivity index (χ0v) is 18.5. The minimum atomic E-state index is -0.372. The average molecular weight is 434 g/mol. The van der Waals surface area contributed by atoms with E-state index in [0.717, 1.165) is 22.4 Å². The van der Waals surface area contributed by atoms with Crippen LogP contribution in [0.15, 0.2) is 60.9 Å². The minimum Gasteiger partial charge on any atom is -0.490 e. The maximum absolute atomic E-state index is 12.6. The maximum atomic E-state index is 12.6. The van der Waals surface area contributed by atoms with E-state index in [2.05, 4.69) is 15.6 Å². The van der Waals surface area contributed by atoms with Crippen molar-refractivity contribution in [3.05, 3.63) is 83.2 Å². The first-order valence-electron chi connectivity index (χ1n) is 10.4. The molecule has 0 atom stereocenters. The Balaban J connectivity index is 1.61. The van der Waals surface area contributed by atoms with Crippen LogP contribution in [0.5, 0.6) is 11.5 Å². The second kappa shape index (κ2) is 10.9. The predicted octanol–water partition coefficient (Wildman–Crippen LogP) is 4.04. The zero-order valence-electron chi connectivity index (χ0n) is 18.5. The highest BCUT2D eigenvalue weighted by Crippen LogP contribution is 2.29. The van der Waals surface area contributed by atoms with Gasteiger partial charge in [-0.2, -0.15) is 0 Å². The Morgan fingerprint density at radius 3 is 2.34 bits per heavy atom. The minimum absolute atomic E-state index is 0.142. The Hall–Kier alpha value is -3.87. The SMILES string of the molecule is CCOc1cc(C(=O)NCC(=O)Nc2c(C)cccc2C)ccc1OCc1ccncc1. The standard InChI is InChI=1S/C25H27N3O4/c1-4-31-22-14-20(8-9-21(22)32-16-19-10-12-26-13-11-19)25(30)27-15-23(29)28-24-17(2)6-5-7-18(24)3/h5-14H,4,15-16H2,1-3H3,(H,27,30)(H,28,29). The van der Waals surface area contributed by atoms with Crippen LogP contribution in [-0.4, -0.2) is 29.9 Å². The number of hydrogen-bond acceptors (Lipinski definition) is 5. The maximum Gasteiger partial charge on any atom is 0.251 e. The zero-order chi connectivity index (χ0) is 22.9. The number of carbonyl (C=O) groups is 2. The first kappa shape index (κ1) is 22.8. The van der Waals surface area contributed by atoms with Crippen LogP contribution in [0.2, 0.25) is 0 Å². The van der Waals surface area contributed by atoms with Crippen LogP contribution < -0.4 is 20.1 Å². The van der Waals surface area contributed by atoms with Crippen molar-refractivity contribution < 1.29 is 19.1 Å². The molecule has 0 aliphatic rings. The fourth-order valence-electron chi connectivity index (χ4n) is 3.13. The van der Waals surface area contributed by atoms with Gasteiger partial charge in [0.1, 0.15) is 6.61 Å². The van der Waals surface area contributed by atoms with E-state index in [1.165, 1.54) is 0 Å². The van der Waals surface area contributed by atoms with Crippen molar-refractivity contribution in [1.82, 2.24) is 10.3 Å². The number of hydrogen-bond donors (Lipinski definition) is 2. The number of carbonyl (C=O) groups excluding carboxylic acids is 2. The first-order chi connectivity index (χ1) is 15.5. The van der Waals surface area contributed by atoms with E-state index < -0.39 is 0 Å².